The molecule has 0 fully saturated rings. The quantitative estimate of drug-likeness (QED) is 0.659. The lowest BCUT2D eigenvalue weighted by molar-refractivity contribution is 0.935. The van der Waals surface area contributed by atoms with Gasteiger partial charge in [-0.15, -0.1) is 16.7 Å². The molecule has 4 rings (SSSR count). The number of aromatic nitrogens is 3. The summed E-state index contributed by atoms with van der Waals surface area (Å²) in [5, 5.41) is 4.52. The van der Waals surface area contributed by atoms with Crippen molar-refractivity contribution >= 4 is 22.8 Å². The van der Waals surface area contributed by atoms with Gasteiger partial charge in [-0.2, -0.15) is 0 Å². The summed E-state index contributed by atoms with van der Waals surface area (Å²) < 4.78 is 1.82. The first kappa shape index (κ1) is 13.3. The van der Waals surface area contributed by atoms with E-state index in [1.165, 1.54) is 0 Å². The fourth-order valence-corrected chi connectivity index (χ4v) is 2.96. The van der Waals surface area contributed by atoms with Gasteiger partial charge < -0.3 is 0 Å². The van der Waals surface area contributed by atoms with Gasteiger partial charge in [0.2, 0.25) is 0 Å². The molecule has 2 heterocycles. The van der Waals surface area contributed by atoms with Crippen molar-refractivity contribution in [2.75, 3.05) is 0 Å². The van der Waals surface area contributed by atoms with E-state index in [0.29, 0.717) is 5.82 Å². The lowest BCUT2D eigenvalue weighted by Gasteiger charge is -2.11. The summed E-state index contributed by atoms with van der Waals surface area (Å²) in [6.45, 7) is 0. The summed E-state index contributed by atoms with van der Waals surface area (Å²) in [4.78, 5) is 4.73. The zero-order valence-corrected chi connectivity index (χ0v) is 12.6. The third-order valence-electron chi connectivity index (χ3n) is 3.80. The van der Waals surface area contributed by atoms with Gasteiger partial charge >= 0.3 is 0 Å². The summed E-state index contributed by atoms with van der Waals surface area (Å²) in [5.41, 5.74) is 4.03. The van der Waals surface area contributed by atoms with E-state index in [0.717, 1.165) is 28.8 Å². The topological polar surface area (TPSA) is 30.2 Å². The number of hydrogen-bond acceptors (Lipinski definition) is 2. The third kappa shape index (κ3) is 2.24. The standard InChI is InChI=1S/C18H14ClN3/c19-16-11-5-4-9-15(16)17-20-18-14(10-6-12-22(18)21-17)13-7-2-1-3-8-13/h1-10,12,16H,11H2. The average Bonchev–Trinajstić information content (AvgIpc) is 3.00. The monoisotopic (exact) mass is 307 g/mol. The Kier molecular flexibility index (Phi) is 3.28. The van der Waals surface area contributed by atoms with Gasteiger partial charge in [0.25, 0.3) is 0 Å². The zero-order valence-electron chi connectivity index (χ0n) is 11.9. The number of rotatable bonds is 2. The van der Waals surface area contributed by atoms with Crippen LogP contribution in [0.2, 0.25) is 0 Å². The van der Waals surface area contributed by atoms with E-state index in [4.69, 9.17) is 16.6 Å². The van der Waals surface area contributed by atoms with E-state index in [1.54, 1.807) is 0 Å². The van der Waals surface area contributed by atoms with E-state index in [9.17, 15) is 0 Å². The maximum absolute atomic E-state index is 6.39. The molecular weight excluding hydrogens is 294 g/mol. The van der Waals surface area contributed by atoms with Crippen molar-refractivity contribution in [2.45, 2.75) is 11.8 Å². The molecule has 1 aliphatic rings. The Morgan fingerprint density at radius 2 is 1.95 bits per heavy atom. The number of nitrogens with zero attached hydrogens (tertiary/aromatic N) is 3. The molecule has 3 aromatic rings. The third-order valence-corrected chi connectivity index (χ3v) is 4.21. The summed E-state index contributed by atoms with van der Waals surface area (Å²) in [6.07, 6.45) is 8.80. The highest BCUT2D eigenvalue weighted by Gasteiger charge is 2.19. The van der Waals surface area contributed by atoms with Gasteiger partial charge in [0, 0.05) is 17.3 Å². The summed E-state index contributed by atoms with van der Waals surface area (Å²) in [7, 11) is 0. The smallest absolute Gasteiger partial charge is 0.179 e. The SMILES string of the molecule is ClC1CC=CC=C1c1nc2c(-c3ccccc3)cccn2n1. The summed E-state index contributed by atoms with van der Waals surface area (Å²) >= 11 is 6.39. The molecule has 0 bridgehead atoms. The number of alkyl halides is 1. The van der Waals surface area contributed by atoms with Crippen molar-refractivity contribution in [1.29, 1.82) is 0 Å². The molecule has 1 aromatic carbocycles. The molecular formula is C18H14ClN3. The largest absolute Gasteiger partial charge is 0.220 e. The minimum atomic E-state index is -0.0670. The number of hydrogen-bond donors (Lipinski definition) is 0. The molecule has 0 saturated heterocycles. The molecule has 1 aliphatic carbocycles. The molecule has 0 N–H and O–H groups in total. The normalized spacial score (nSPS) is 17.7. The molecule has 1 unspecified atom stereocenters. The van der Waals surface area contributed by atoms with Crippen LogP contribution < -0.4 is 0 Å². The van der Waals surface area contributed by atoms with Crippen LogP contribution in [0.1, 0.15) is 12.2 Å². The number of benzene rings is 1. The minimum absolute atomic E-state index is 0.0670. The van der Waals surface area contributed by atoms with E-state index in [2.05, 4.69) is 29.4 Å². The molecule has 2 aromatic heterocycles. The van der Waals surface area contributed by atoms with Crippen molar-refractivity contribution in [3.8, 4) is 11.1 Å². The highest BCUT2D eigenvalue weighted by atomic mass is 35.5. The summed E-state index contributed by atoms with van der Waals surface area (Å²) in [6, 6.07) is 14.3. The van der Waals surface area contributed by atoms with Crippen molar-refractivity contribution < 1.29 is 0 Å². The van der Waals surface area contributed by atoms with E-state index in [1.807, 2.05) is 47.1 Å². The molecule has 1 atom stereocenters. The van der Waals surface area contributed by atoms with Crippen LogP contribution in [-0.2, 0) is 0 Å². The van der Waals surface area contributed by atoms with Crippen LogP contribution in [0, 0.1) is 0 Å². The molecule has 0 amide bonds. The van der Waals surface area contributed by atoms with Crippen molar-refractivity contribution in [1.82, 2.24) is 14.6 Å². The highest BCUT2D eigenvalue weighted by molar-refractivity contribution is 6.26. The van der Waals surface area contributed by atoms with Gasteiger partial charge in [0.15, 0.2) is 11.5 Å². The molecule has 22 heavy (non-hydrogen) atoms. The Labute approximate surface area is 133 Å². The van der Waals surface area contributed by atoms with Crippen LogP contribution in [-0.4, -0.2) is 20.0 Å². The fraction of sp³-hybridized carbons (Fsp3) is 0.111. The van der Waals surface area contributed by atoms with Gasteiger partial charge in [-0.05, 0) is 24.1 Å². The Bertz CT molecular complexity index is 878. The van der Waals surface area contributed by atoms with E-state index < -0.39 is 0 Å². The lowest BCUT2D eigenvalue weighted by atomic mass is 10.0. The fourth-order valence-electron chi connectivity index (χ4n) is 2.69. The first-order chi connectivity index (χ1) is 10.8. The maximum atomic E-state index is 6.39. The predicted molar refractivity (Wildman–Crippen MR) is 89.8 cm³/mol. The molecule has 0 saturated carbocycles. The highest BCUT2D eigenvalue weighted by Crippen LogP contribution is 2.29. The van der Waals surface area contributed by atoms with Crippen molar-refractivity contribution in [2.24, 2.45) is 0 Å². The second kappa shape index (κ2) is 5.43. The van der Waals surface area contributed by atoms with Crippen LogP contribution in [0.25, 0.3) is 22.3 Å². The van der Waals surface area contributed by atoms with Crippen LogP contribution in [0.3, 0.4) is 0 Å². The second-order valence-electron chi connectivity index (χ2n) is 5.24. The Balaban J connectivity index is 1.88. The molecule has 4 heteroatoms. The number of allylic oxidation sites excluding steroid dienone is 4. The number of pyridine rings is 1. The van der Waals surface area contributed by atoms with E-state index >= 15 is 0 Å². The maximum Gasteiger partial charge on any atom is 0.179 e. The Morgan fingerprint density at radius 3 is 2.77 bits per heavy atom. The average molecular weight is 308 g/mol. The predicted octanol–water partition coefficient (Wildman–Crippen LogP) is 4.35. The van der Waals surface area contributed by atoms with Crippen LogP contribution in [0.5, 0.6) is 0 Å². The van der Waals surface area contributed by atoms with Gasteiger partial charge in [-0.1, -0.05) is 48.6 Å². The second-order valence-corrected chi connectivity index (χ2v) is 5.77. The Morgan fingerprint density at radius 1 is 1.09 bits per heavy atom. The first-order valence-electron chi connectivity index (χ1n) is 7.25. The number of fused-ring (bicyclic) bond motifs is 1. The van der Waals surface area contributed by atoms with E-state index in [-0.39, 0.29) is 5.38 Å². The van der Waals surface area contributed by atoms with Crippen LogP contribution in [0.4, 0.5) is 0 Å². The van der Waals surface area contributed by atoms with Gasteiger partial charge in [0.1, 0.15) is 0 Å². The summed E-state index contributed by atoms with van der Waals surface area (Å²) in [5.74, 6) is 0.702. The van der Waals surface area contributed by atoms with Crippen LogP contribution >= 0.6 is 11.6 Å². The number of halogens is 1. The Hall–Kier alpha value is -2.39. The lowest BCUT2D eigenvalue weighted by Crippen LogP contribution is -2.05. The van der Waals surface area contributed by atoms with Crippen molar-refractivity contribution in [3.05, 3.63) is 72.7 Å². The van der Waals surface area contributed by atoms with Crippen LogP contribution in [0.15, 0.2) is 66.9 Å². The molecule has 0 spiro atoms. The minimum Gasteiger partial charge on any atom is -0.220 e. The van der Waals surface area contributed by atoms with Gasteiger partial charge in [-0.3, -0.25) is 0 Å². The van der Waals surface area contributed by atoms with Gasteiger partial charge in [-0.25, -0.2) is 9.50 Å². The van der Waals surface area contributed by atoms with Crippen molar-refractivity contribution in [3.63, 3.8) is 0 Å². The molecule has 0 aliphatic heterocycles. The zero-order chi connectivity index (χ0) is 14.9. The first-order valence-corrected chi connectivity index (χ1v) is 7.68. The van der Waals surface area contributed by atoms with Gasteiger partial charge in [0.05, 0.1) is 5.38 Å². The molecule has 3 nitrogen and oxygen atoms in total. The molecule has 108 valence electrons. The molecule has 0 radical (unpaired) electrons.